The molecule has 0 saturated carbocycles. The van der Waals surface area contributed by atoms with Gasteiger partial charge in [0.15, 0.2) is 0 Å². The topological polar surface area (TPSA) is 15.3 Å². The fourth-order valence-electron chi connectivity index (χ4n) is 1.12. The molecule has 0 aliphatic carbocycles. The highest BCUT2D eigenvalue weighted by molar-refractivity contribution is 5.01. The third-order valence-corrected chi connectivity index (χ3v) is 1.87. The van der Waals surface area contributed by atoms with E-state index >= 15 is 0 Å². The lowest BCUT2D eigenvalue weighted by Crippen LogP contribution is -2.23. The van der Waals surface area contributed by atoms with Crippen LogP contribution in [0.25, 0.3) is 0 Å². The molecule has 1 N–H and O–H groups in total. The Morgan fingerprint density at radius 3 is 3.00 bits per heavy atom. The summed E-state index contributed by atoms with van der Waals surface area (Å²) in [4.78, 5) is 2.36. The fourth-order valence-corrected chi connectivity index (χ4v) is 1.12. The molecule has 0 spiro atoms. The largest absolute Gasteiger partial charge is 0.372 e. The minimum Gasteiger partial charge on any atom is -0.372 e. The van der Waals surface area contributed by atoms with Crippen molar-refractivity contribution in [3.8, 4) is 0 Å². The van der Waals surface area contributed by atoms with Gasteiger partial charge in [0.05, 0.1) is 6.67 Å². The van der Waals surface area contributed by atoms with Gasteiger partial charge in [0.25, 0.3) is 0 Å². The smallest absolute Gasteiger partial charge is 0.0869 e. The average molecular weight is 140 g/mol. The van der Waals surface area contributed by atoms with Gasteiger partial charge >= 0.3 is 0 Å². The van der Waals surface area contributed by atoms with Gasteiger partial charge in [-0.15, -0.1) is 0 Å². The summed E-state index contributed by atoms with van der Waals surface area (Å²) in [5, 5.41) is 3.19. The number of unbranched alkanes of at least 4 members (excludes halogenated alkanes) is 1. The molecule has 1 heterocycles. The second kappa shape index (κ2) is 3.49. The first-order valence-electron chi connectivity index (χ1n) is 3.99. The first-order chi connectivity index (χ1) is 4.84. The highest BCUT2D eigenvalue weighted by Crippen LogP contribution is 2.07. The molecular formula is C8H16N2. The molecule has 0 unspecified atom stereocenters. The molecule has 0 bridgehead atoms. The summed E-state index contributed by atoms with van der Waals surface area (Å²) < 4.78 is 0. The van der Waals surface area contributed by atoms with E-state index in [4.69, 9.17) is 0 Å². The predicted molar refractivity (Wildman–Crippen MR) is 43.4 cm³/mol. The second-order valence-corrected chi connectivity index (χ2v) is 2.76. The maximum Gasteiger partial charge on any atom is 0.0869 e. The summed E-state index contributed by atoms with van der Waals surface area (Å²) in [6.45, 7) is 6.58. The number of allylic oxidation sites excluding steroid dienone is 1. The molecule has 0 aromatic heterocycles. The van der Waals surface area contributed by atoms with E-state index in [2.05, 4.69) is 30.3 Å². The molecule has 2 nitrogen and oxygen atoms in total. The van der Waals surface area contributed by atoms with Crippen molar-refractivity contribution in [2.45, 2.75) is 26.7 Å². The van der Waals surface area contributed by atoms with Crippen LogP contribution in [0.15, 0.2) is 11.9 Å². The molecule has 0 aromatic rings. The van der Waals surface area contributed by atoms with Crippen LogP contribution in [0.1, 0.15) is 26.7 Å². The van der Waals surface area contributed by atoms with Crippen LogP contribution in [0, 0.1) is 0 Å². The highest BCUT2D eigenvalue weighted by Gasteiger charge is 2.07. The summed E-state index contributed by atoms with van der Waals surface area (Å²) >= 11 is 0. The van der Waals surface area contributed by atoms with Crippen molar-refractivity contribution in [2.24, 2.45) is 0 Å². The van der Waals surface area contributed by atoms with Crippen molar-refractivity contribution < 1.29 is 0 Å². The van der Waals surface area contributed by atoms with Crippen LogP contribution >= 0.6 is 0 Å². The standard InChI is InChI=1S/C8H16N2/c1-3-4-5-10-7-9-6-8(10)2/h6,9H,3-5,7H2,1-2H3. The molecule has 58 valence electrons. The van der Waals surface area contributed by atoms with Crippen LogP contribution in [0.5, 0.6) is 0 Å². The average Bonchev–Trinajstić information content (AvgIpc) is 2.31. The first-order valence-corrected chi connectivity index (χ1v) is 3.99. The monoisotopic (exact) mass is 140 g/mol. The van der Waals surface area contributed by atoms with Crippen molar-refractivity contribution in [3.05, 3.63) is 11.9 Å². The number of nitrogens with one attached hydrogen (secondary N) is 1. The molecule has 0 atom stereocenters. The zero-order valence-electron chi connectivity index (χ0n) is 6.85. The summed E-state index contributed by atoms with van der Waals surface area (Å²) in [5.74, 6) is 0. The molecule has 1 rings (SSSR count). The Hall–Kier alpha value is -0.660. The minimum atomic E-state index is 1.01. The molecule has 0 fully saturated rings. The summed E-state index contributed by atoms with van der Waals surface area (Å²) in [6, 6.07) is 0. The van der Waals surface area contributed by atoms with E-state index in [1.807, 2.05) is 0 Å². The molecule has 0 amide bonds. The molecule has 0 saturated heterocycles. The number of nitrogens with zero attached hydrogens (tertiary/aromatic N) is 1. The number of hydrogen-bond acceptors (Lipinski definition) is 2. The van der Waals surface area contributed by atoms with E-state index in [1.54, 1.807) is 0 Å². The maximum absolute atomic E-state index is 3.19. The van der Waals surface area contributed by atoms with Gasteiger partial charge in [-0.1, -0.05) is 13.3 Å². The quantitative estimate of drug-likeness (QED) is 0.639. The molecule has 2 heteroatoms. The Bertz CT molecular complexity index is 129. The zero-order valence-corrected chi connectivity index (χ0v) is 6.85. The minimum absolute atomic E-state index is 1.01. The summed E-state index contributed by atoms with van der Waals surface area (Å²) in [6.07, 6.45) is 4.66. The zero-order chi connectivity index (χ0) is 7.40. The number of rotatable bonds is 3. The van der Waals surface area contributed by atoms with Crippen LogP contribution in [-0.4, -0.2) is 18.1 Å². The van der Waals surface area contributed by atoms with E-state index in [-0.39, 0.29) is 0 Å². The SMILES string of the molecule is CCCCN1CNC=C1C. The van der Waals surface area contributed by atoms with Crippen molar-refractivity contribution in [1.29, 1.82) is 0 Å². The van der Waals surface area contributed by atoms with Crippen LogP contribution in [0.4, 0.5) is 0 Å². The lowest BCUT2D eigenvalue weighted by atomic mass is 10.3. The summed E-state index contributed by atoms with van der Waals surface area (Å²) in [7, 11) is 0. The van der Waals surface area contributed by atoms with Crippen molar-refractivity contribution in [2.75, 3.05) is 13.2 Å². The third kappa shape index (κ3) is 1.66. The normalized spacial score (nSPS) is 17.0. The second-order valence-electron chi connectivity index (χ2n) is 2.76. The Morgan fingerprint density at radius 1 is 1.70 bits per heavy atom. The molecule has 0 aromatic carbocycles. The van der Waals surface area contributed by atoms with Crippen LogP contribution in [-0.2, 0) is 0 Å². The Morgan fingerprint density at radius 2 is 2.50 bits per heavy atom. The van der Waals surface area contributed by atoms with Gasteiger partial charge in [-0.2, -0.15) is 0 Å². The molecular weight excluding hydrogens is 124 g/mol. The fraction of sp³-hybridized carbons (Fsp3) is 0.750. The van der Waals surface area contributed by atoms with Gasteiger partial charge in [-0.3, -0.25) is 0 Å². The molecule has 0 radical (unpaired) electrons. The molecule has 1 aliphatic rings. The Balaban J connectivity index is 2.22. The predicted octanol–water partition coefficient (Wildman–Crippen LogP) is 1.51. The molecule has 1 aliphatic heterocycles. The Labute approximate surface area is 62.9 Å². The van der Waals surface area contributed by atoms with Gasteiger partial charge in [0.2, 0.25) is 0 Å². The van der Waals surface area contributed by atoms with Crippen molar-refractivity contribution >= 4 is 0 Å². The lowest BCUT2D eigenvalue weighted by Gasteiger charge is -2.17. The molecule has 10 heavy (non-hydrogen) atoms. The van der Waals surface area contributed by atoms with E-state index in [0.29, 0.717) is 0 Å². The van der Waals surface area contributed by atoms with Crippen LogP contribution in [0.3, 0.4) is 0 Å². The van der Waals surface area contributed by atoms with Crippen molar-refractivity contribution in [3.63, 3.8) is 0 Å². The number of hydrogen-bond donors (Lipinski definition) is 1. The Kier molecular flexibility index (Phi) is 2.60. The van der Waals surface area contributed by atoms with Gasteiger partial charge in [0.1, 0.15) is 0 Å². The van der Waals surface area contributed by atoms with E-state index in [1.165, 1.54) is 25.1 Å². The lowest BCUT2D eigenvalue weighted by molar-refractivity contribution is 0.356. The van der Waals surface area contributed by atoms with Crippen molar-refractivity contribution in [1.82, 2.24) is 10.2 Å². The van der Waals surface area contributed by atoms with E-state index in [0.717, 1.165) is 6.67 Å². The van der Waals surface area contributed by atoms with E-state index in [9.17, 15) is 0 Å². The van der Waals surface area contributed by atoms with Gasteiger partial charge in [-0.25, -0.2) is 0 Å². The summed E-state index contributed by atoms with van der Waals surface area (Å²) in [5.41, 5.74) is 1.37. The van der Waals surface area contributed by atoms with Crippen LogP contribution < -0.4 is 5.32 Å². The first kappa shape index (κ1) is 7.45. The van der Waals surface area contributed by atoms with Crippen LogP contribution in [0.2, 0.25) is 0 Å². The van der Waals surface area contributed by atoms with Gasteiger partial charge in [0, 0.05) is 18.4 Å². The van der Waals surface area contributed by atoms with E-state index < -0.39 is 0 Å². The third-order valence-electron chi connectivity index (χ3n) is 1.87. The van der Waals surface area contributed by atoms with Gasteiger partial charge < -0.3 is 10.2 Å². The van der Waals surface area contributed by atoms with Gasteiger partial charge in [-0.05, 0) is 13.3 Å². The highest BCUT2D eigenvalue weighted by atomic mass is 15.3. The maximum atomic E-state index is 3.19.